The molecule has 156 valence electrons. The van der Waals surface area contributed by atoms with E-state index in [0.29, 0.717) is 37.5 Å². The number of piperidine rings is 3. The molecule has 3 aliphatic heterocycles. The molecule has 2 bridgehead atoms. The number of amides is 3. The van der Waals surface area contributed by atoms with E-state index in [2.05, 4.69) is 15.4 Å². The fourth-order valence-corrected chi connectivity index (χ4v) is 5.53. The van der Waals surface area contributed by atoms with E-state index in [4.69, 9.17) is 4.52 Å². The number of aromatic nitrogens is 1. The highest BCUT2D eigenvalue weighted by Crippen LogP contribution is 2.42. The summed E-state index contributed by atoms with van der Waals surface area (Å²) >= 11 is 0. The van der Waals surface area contributed by atoms with Crippen molar-refractivity contribution in [2.24, 2.45) is 17.8 Å². The minimum Gasteiger partial charge on any atom is -0.361 e. The summed E-state index contributed by atoms with van der Waals surface area (Å²) in [6, 6.07) is 1.79. The second kappa shape index (κ2) is 7.15. The Bertz CT molecular complexity index is 832. The standard InChI is InChI=1S/C21H28N4O4/c1-12-7-16(23-29-12)21(28)24-10-14-8-15(11-24)18(9-22-20(27)13-5-6-13)25-17(14)3-2-4-19(25)26/h7,13-15,17-18H,2-6,8-11H2,1H3,(H,22,27)/t14-,15+,17+,18+/m1/s1. The number of likely N-dealkylation sites (tertiary alicyclic amines) is 1. The van der Waals surface area contributed by atoms with Crippen molar-refractivity contribution >= 4 is 17.7 Å². The lowest BCUT2D eigenvalue weighted by Gasteiger charge is -2.56. The van der Waals surface area contributed by atoms with Crippen LogP contribution in [0.1, 0.15) is 54.8 Å². The maximum Gasteiger partial charge on any atom is 0.276 e. The Balaban J connectivity index is 1.37. The Morgan fingerprint density at radius 1 is 1.24 bits per heavy atom. The molecular weight excluding hydrogens is 372 g/mol. The second-order valence-corrected chi connectivity index (χ2v) is 9.14. The number of nitrogens with one attached hydrogen (secondary N) is 1. The maximum absolute atomic E-state index is 13.0. The Labute approximate surface area is 169 Å². The van der Waals surface area contributed by atoms with Crippen LogP contribution < -0.4 is 5.32 Å². The van der Waals surface area contributed by atoms with Gasteiger partial charge < -0.3 is 19.6 Å². The summed E-state index contributed by atoms with van der Waals surface area (Å²) < 4.78 is 5.09. The first-order valence-electron chi connectivity index (χ1n) is 10.8. The van der Waals surface area contributed by atoms with Crippen molar-refractivity contribution in [2.75, 3.05) is 19.6 Å². The molecule has 0 radical (unpaired) electrons. The lowest BCUT2D eigenvalue weighted by atomic mass is 9.72. The minimum absolute atomic E-state index is 0.0404. The minimum atomic E-state index is -0.104. The lowest BCUT2D eigenvalue weighted by Crippen LogP contribution is -2.67. The first-order chi connectivity index (χ1) is 14.0. The van der Waals surface area contributed by atoms with Crippen LogP contribution in [0.25, 0.3) is 0 Å². The number of hydrogen-bond acceptors (Lipinski definition) is 5. The van der Waals surface area contributed by atoms with Crippen LogP contribution in [0, 0.1) is 24.7 Å². The molecule has 8 nitrogen and oxygen atoms in total. The van der Waals surface area contributed by atoms with E-state index >= 15 is 0 Å². The normalized spacial score (nSPS) is 31.4. The van der Waals surface area contributed by atoms with Crippen LogP contribution in [0.15, 0.2) is 10.6 Å². The summed E-state index contributed by atoms with van der Waals surface area (Å²) in [6.45, 7) is 3.50. The zero-order valence-electron chi connectivity index (χ0n) is 16.8. The van der Waals surface area contributed by atoms with E-state index in [1.165, 1.54) is 0 Å². The van der Waals surface area contributed by atoms with Gasteiger partial charge in [0.2, 0.25) is 11.8 Å². The van der Waals surface area contributed by atoms with Crippen molar-refractivity contribution in [2.45, 2.75) is 57.5 Å². The molecular formula is C21H28N4O4. The van der Waals surface area contributed by atoms with Crippen LogP contribution in [0.4, 0.5) is 0 Å². The summed E-state index contributed by atoms with van der Waals surface area (Å²) in [7, 11) is 0. The molecule has 1 aromatic heterocycles. The van der Waals surface area contributed by atoms with Gasteiger partial charge in [-0.2, -0.15) is 0 Å². The number of carbonyl (C=O) groups is 3. The van der Waals surface area contributed by atoms with E-state index in [1.807, 2.05) is 4.90 Å². The molecule has 4 heterocycles. The Morgan fingerprint density at radius 2 is 2.03 bits per heavy atom. The topological polar surface area (TPSA) is 95.8 Å². The van der Waals surface area contributed by atoms with Crippen molar-refractivity contribution in [3.63, 3.8) is 0 Å². The van der Waals surface area contributed by atoms with Gasteiger partial charge in [0.1, 0.15) is 5.76 Å². The third-order valence-electron chi connectivity index (χ3n) is 7.06. The average Bonchev–Trinajstić information content (AvgIpc) is 3.48. The summed E-state index contributed by atoms with van der Waals surface area (Å²) in [5.74, 6) is 1.43. The van der Waals surface area contributed by atoms with Gasteiger partial charge >= 0.3 is 0 Å². The first kappa shape index (κ1) is 18.6. The molecule has 0 aromatic carbocycles. The molecule has 5 rings (SSSR count). The van der Waals surface area contributed by atoms with Gasteiger partial charge in [0.25, 0.3) is 5.91 Å². The van der Waals surface area contributed by atoms with E-state index in [1.54, 1.807) is 13.0 Å². The van der Waals surface area contributed by atoms with Crippen molar-refractivity contribution in [3.8, 4) is 0 Å². The summed E-state index contributed by atoms with van der Waals surface area (Å²) in [6.07, 6.45) is 5.39. The van der Waals surface area contributed by atoms with Crippen molar-refractivity contribution in [1.82, 2.24) is 20.3 Å². The third kappa shape index (κ3) is 3.42. The Hall–Kier alpha value is -2.38. The molecule has 3 saturated heterocycles. The average molecular weight is 400 g/mol. The van der Waals surface area contributed by atoms with Gasteiger partial charge in [0, 0.05) is 44.1 Å². The fraction of sp³-hybridized carbons (Fsp3) is 0.714. The van der Waals surface area contributed by atoms with Gasteiger partial charge in [-0.1, -0.05) is 5.16 Å². The molecule has 1 aliphatic carbocycles. The zero-order chi connectivity index (χ0) is 20.1. The zero-order valence-corrected chi connectivity index (χ0v) is 16.8. The molecule has 8 heteroatoms. The van der Waals surface area contributed by atoms with Crippen molar-refractivity contribution < 1.29 is 18.9 Å². The number of nitrogens with zero attached hydrogens (tertiary/aromatic N) is 3. The predicted molar refractivity (Wildman–Crippen MR) is 103 cm³/mol. The molecule has 1 N–H and O–H groups in total. The third-order valence-corrected chi connectivity index (χ3v) is 7.06. The SMILES string of the molecule is Cc1cc(C(=O)N2C[C@H]3C[C@@H](C2)[C@H](CNC(=O)C2CC2)N2C(=O)CCC[C@@H]32)no1. The molecule has 1 saturated carbocycles. The number of aryl methyl sites for hydroxylation is 1. The molecule has 0 unspecified atom stereocenters. The smallest absolute Gasteiger partial charge is 0.276 e. The molecule has 29 heavy (non-hydrogen) atoms. The number of rotatable bonds is 4. The Kier molecular flexibility index (Phi) is 4.59. The van der Waals surface area contributed by atoms with E-state index in [9.17, 15) is 14.4 Å². The van der Waals surface area contributed by atoms with Gasteiger partial charge in [-0.15, -0.1) is 0 Å². The van der Waals surface area contributed by atoms with Gasteiger partial charge in [-0.3, -0.25) is 14.4 Å². The van der Waals surface area contributed by atoms with Crippen LogP contribution in [0.3, 0.4) is 0 Å². The number of carbonyl (C=O) groups excluding carboxylic acids is 3. The fourth-order valence-electron chi connectivity index (χ4n) is 5.53. The van der Waals surface area contributed by atoms with Crippen LogP contribution in [0.5, 0.6) is 0 Å². The van der Waals surface area contributed by atoms with Crippen LogP contribution >= 0.6 is 0 Å². The van der Waals surface area contributed by atoms with E-state index in [-0.39, 0.29) is 47.6 Å². The van der Waals surface area contributed by atoms with Crippen LogP contribution in [-0.2, 0) is 9.59 Å². The molecule has 4 fully saturated rings. The van der Waals surface area contributed by atoms with Crippen LogP contribution in [-0.4, -0.2) is 64.4 Å². The molecule has 1 aromatic rings. The largest absolute Gasteiger partial charge is 0.361 e. The highest BCUT2D eigenvalue weighted by molar-refractivity contribution is 5.92. The van der Waals surface area contributed by atoms with E-state index < -0.39 is 0 Å². The molecule has 4 aliphatic rings. The van der Waals surface area contributed by atoms with E-state index in [0.717, 1.165) is 32.1 Å². The highest BCUT2D eigenvalue weighted by atomic mass is 16.5. The van der Waals surface area contributed by atoms with Gasteiger partial charge in [0.05, 0.1) is 6.04 Å². The lowest BCUT2D eigenvalue weighted by molar-refractivity contribution is -0.152. The summed E-state index contributed by atoms with van der Waals surface area (Å²) in [5.41, 5.74) is 0.345. The predicted octanol–water partition coefficient (Wildman–Crippen LogP) is 1.35. The maximum atomic E-state index is 13.0. The molecule has 4 atom stereocenters. The van der Waals surface area contributed by atoms with Crippen molar-refractivity contribution in [3.05, 3.63) is 17.5 Å². The second-order valence-electron chi connectivity index (χ2n) is 9.14. The summed E-state index contributed by atoms with van der Waals surface area (Å²) in [4.78, 5) is 42.0. The quantitative estimate of drug-likeness (QED) is 0.823. The van der Waals surface area contributed by atoms with Gasteiger partial charge in [-0.05, 0) is 50.9 Å². The molecule has 3 amide bonds. The van der Waals surface area contributed by atoms with Gasteiger partial charge in [0.15, 0.2) is 5.69 Å². The number of hydrogen-bond donors (Lipinski definition) is 1. The first-order valence-corrected chi connectivity index (χ1v) is 10.8. The van der Waals surface area contributed by atoms with Crippen molar-refractivity contribution in [1.29, 1.82) is 0 Å². The highest BCUT2D eigenvalue weighted by Gasteiger charge is 2.50. The van der Waals surface area contributed by atoms with Gasteiger partial charge in [-0.25, -0.2) is 0 Å². The summed E-state index contributed by atoms with van der Waals surface area (Å²) in [5, 5.41) is 6.98. The Morgan fingerprint density at radius 3 is 2.76 bits per heavy atom. The monoisotopic (exact) mass is 400 g/mol. The van der Waals surface area contributed by atoms with Crippen LogP contribution in [0.2, 0.25) is 0 Å². The molecule has 0 spiro atoms. The number of fused-ring (bicyclic) bond motifs is 4.